The Morgan fingerprint density at radius 2 is 0.891 bits per heavy atom. The van der Waals surface area contributed by atoms with Crippen molar-refractivity contribution in [3.8, 4) is 73.4 Å². The summed E-state index contributed by atoms with van der Waals surface area (Å²) >= 11 is 0. The summed E-state index contributed by atoms with van der Waals surface area (Å²) in [5.74, 6) is 1.92. The molecule has 5 heteroatoms. The van der Waals surface area contributed by atoms with Crippen LogP contribution in [-0.4, -0.2) is 24.5 Å². The summed E-state index contributed by atoms with van der Waals surface area (Å²) in [7, 11) is 0. The molecule has 64 heavy (non-hydrogen) atoms. The lowest BCUT2D eigenvalue weighted by Gasteiger charge is -2.34. The summed E-state index contributed by atoms with van der Waals surface area (Å²) in [6, 6.07) is 79.5. The van der Waals surface area contributed by atoms with Crippen molar-refractivity contribution in [3.63, 3.8) is 0 Å². The molecule has 0 atom stereocenters. The molecule has 0 saturated carbocycles. The number of pyridine rings is 1. The van der Waals surface area contributed by atoms with E-state index < -0.39 is 5.41 Å². The summed E-state index contributed by atoms with van der Waals surface area (Å²) in [4.78, 5) is 19.6. The molecule has 12 rings (SSSR count). The zero-order valence-corrected chi connectivity index (χ0v) is 34.8. The van der Waals surface area contributed by atoms with E-state index in [1.54, 1.807) is 0 Å². The van der Waals surface area contributed by atoms with E-state index in [-0.39, 0.29) is 0 Å². The molecule has 3 aromatic heterocycles. The van der Waals surface area contributed by atoms with Crippen molar-refractivity contribution < 1.29 is 0 Å². The van der Waals surface area contributed by atoms with Gasteiger partial charge in [0.25, 0.3) is 0 Å². The van der Waals surface area contributed by atoms with Crippen LogP contribution in [0.2, 0.25) is 0 Å². The molecule has 5 nitrogen and oxygen atoms in total. The first-order valence-corrected chi connectivity index (χ1v) is 21.6. The van der Waals surface area contributed by atoms with Crippen LogP contribution in [0, 0.1) is 0 Å². The van der Waals surface area contributed by atoms with Gasteiger partial charge in [0, 0.05) is 45.7 Å². The van der Waals surface area contributed by atoms with Gasteiger partial charge in [0.15, 0.2) is 17.5 Å². The molecule has 8 aromatic carbocycles. The summed E-state index contributed by atoms with van der Waals surface area (Å²) in [6.07, 6.45) is 3.98. The maximum atomic E-state index is 5.01. The highest BCUT2D eigenvalue weighted by molar-refractivity contribution is 6.02. The van der Waals surface area contributed by atoms with Crippen LogP contribution in [0.5, 0.6) is 0 Å². The minimum atomic E-state index is -0.563. The number of nitrogens with zero attached hydrogens (tertiary/aromatic N) is 5. The molecular formula is C59H39N5. The first kappa shape index (κ1) is 37.2. The highest BCUT2D eigenvalue weighted by Gasteiger charge is 2.47. The lowest BCUT2D eigenvalue weighted by atomic mass is 9.67. The average molecular weight is 818 g/mol. The van der Waals surface area contributed by atoms with Gasteiger partial charge in [0.1, 0.15) is 0 Å². The largest absolute Gasteiger partial charge is 0.309 e. The standard InChI is InChI=1S/C59H39N5/c1-6-17-42(18-7-1)56-61-57(43-19-8-2-9-20-43)63-58(62-56)45-22-16-21-44(37-45)40-29-31-41(32-30-40)54-38-50-53(64(54)48-27-14-5-15-28-48)34-33-49-51-39-60-36-35-52(51)59(55(49)50,46-23-10-3-11-24-46)47-25-12-4-13-26-47/h1-39H. The Morgan fingerprint density at radius 1 is 0.375 bits per heavy atom. The Bertz CT molecular complexity index is 3360. The van der Waals surface area contributed by atoms with Crippen molar-refractivity contribution >= 4 is 10.9 Å². The Hall–Kier alpha value is -8.54. The van der Waals surface area contributed by atoms with Crippen molar-refractivity contribution in [2.75, 3.05) is 0 Å². The van der Waals surface area contributed by atoms with Gasteiger partial charge < -0.3 is 4.57 Å². The van der Waals surface area contributed by atoms with E-state index in [4.69, 9.17) is 15.0 Å². The highest BCUT2D eigenvalue weighted by Crippen LogP contribution is 2.58. The number of aromatic nitrogens is 5. The molecule has 0 unspecified atom stereocenters. The third-order valence-corrected chi connectivity index (χ3v) is 12.6. The van der Waals surface area contributed by atoms with Crippen LogP contribution in [0.3, 0.4) is 0 Å². The van der Waals surface area contributed by atoms with Crippen molar-refractivity contribution in [2.45, 2.75) is 5.41 Å². The topological polar surface area (TPSA) is 56.5 Å². The van der Waals surface area contributed by atoms with E-state index in [0.717, 1.165) is 55.8 Å². The highest BCUT2D eigenvalue weighted by atomic mass is 15.0. The van der Waals surface area contributed by atoms with Gasteiger partial charge in [-0.05, 0) is 80.9 Å². The first-order chi connectivity index (χ1) is 31.7. The predicted molar refractivity (Wildman–Crippen MR) is 259 cm³/mol. The third-order valence-electron chi connectivity index (χ3n) is 12.6. The summed E-state index contributed by atoms with van der Waals surface area (Å²) < 4.78 is 2.42. The number of fused-ring (bicyclic) bond motifs is 5. The van der Waals surface area contributed by atoms with E-state index >= 15 is 0 Å². The second-order valence-corrected chi connectivity index (χ2v) is 16.2. The predicted octanol–water partition coefficient (Wildman–Crippen LogP) is 13.9. The Labute approximate surface area is 371 Å². The number of hydrogen-bond donors (Lipinski definition) is 0. The molecule has 0 spiro atoms. The zero-order valence-electron chi connectivity index (χ0n) is 34.8. The first-order valence-electron chi connectivity index (χ1n) is 21.6. The maximum absolute atomic E-state index is 5.01. The minimum Gasteiger partial charge on any atom is -0.309 e. The quantitative estimate of drug-likeness (QED) is 0.153. The second kappa shape index (κ2) is 15.4. The van der Waals surface area contributed by atoms with Crippen molar-refractivity contribution in [2.24, 2.45) is 0 Å². The Morgan fingerprint density at radius 3 is 1.50 bits per heavy atom. The van der Waals surface area contributed by atoms with Crippen LogP contribution < -0.4 is 0 Å². The van der Waals surface area contributed by atoms with Gasteiger partial charge in [-0.2, -0.15) is 0 Å². The van der Waals surface area contributed by atoms with Gasteiger partial charge in [-0.3, -0.25) is 4.98 Å². The molecule has 0 fully saturated rings. The normalized spacial score (nSPS) is 12.5. The van der Waals surface area contributed by atoms with E-state index in [2.05, 4.69) is 173 Å². The molecule has 0 radical (unpaired) electrons. The number of rotatable bonds is 8. The summed E-state index contributed by atoms with van der Waals surface area (Å²) in [5.41, 5.74) is 16.3. The number of benzene rings is 8. The van der Waals surface area contributed by atoms with Gasteiger partial charge in [-0.1, -0.05) is 188 Å². The molecule has 300 valence electrons. The van der Waals surface area contributed by atoms with Crippen LogP contribution in [0.4, 0.5) is 0 Å². The van der Waals surface area contributed by atoms with E-state index in [1.807, 2.05) is 73.1 Å². The SMILES string of the molecule is c1ccc(-c2nc(-c3ccccc3)nc(-c3cccc(-c4ccc(-c5cc6c7c(ccc6n5-c5ccccc5)-c5cnccc5C7(c5ccccc5)c5ccccc5)cc4)c3)n2)cc1. The molecule has 11 aromatic rings. The monoisotopic (exact) mass is 817 g/mol. The Balaban J connectivity index is 1.01. The van der Waals surface area contributed by atoms with Gasteiger partial charge in [0.05, 0.1) is 16.6 Å². The van der Waals surface area contributed by atoms with Crippen LogP contribution >= 0.6 is 0 Å². The molecule has 0 saturated heterocycles. The van der Waals surface area contributed by atoms with Crippen molar-refractivity contribution in [3.05, 3.63) is 259 Å². The van der Waals surface area contributed by atoms with Crippen LogP contribution in [0.25, 0.3) is 84.3 Å². The minimum absolute atomic E-state index is 0.563. The Kier molecular flexibility index (Phi) is 8.97. The fourth-order valence-corrected chi connectivity index (χ4v) is 9.80. The van der Waals surface area contributed by atoms with Crippen molar-refractivity contribution in [1.82, 2.24) is 24.5 Å². The smallest absolute Gasteiger partial charge is 0.164 e. The molecule has 1 aliphatic rings. The second-order valence-electron chi connectivity index (χ2n) is 16.2. The summed E-state index contributed by atoms with van der Waals surface area (Å²) in [5, 5.41) is 1.21. The number of para-hydroxylation sites is 1. The van der Waals surface area contributed by atoms with E-state index in [1.165, 1.54) is 33.2 Å². The molecule has 0 N–H and O–H groups in total. The molecular weight excluding hydrogens is 779 g/mol. The van der Waals surface area contributed by atoms with Crippen LogP contribution in [0.15, 0.2) is 237 Å². The number of hydrogen-bond acceptors (Lipinski definition) is 4. The molecule has 3 heterocycles. The van der Waals surface area contributed by atoms with Crippen LogP contribution in [-0.2, 0) is 5.41 Å². The fraction of sp³-hybridized carbons (Fsp3) is 0.0169. The molecule has 0 aliphatic heterocycles. The van der Waals surface area contributed by atoms with Crippen molar-refractivity contribution in [1.29, 1.82) is 0 Å². The average Bonchev–Trinajstić information content (AvgIpc) is 3.92. The van der Waals surface area contributed by atoms with Crippen LogP contribution in [0.1, 0.15) is 22.3 Å². The van der Waals surface area contributed by atoms with E-state index in [0.29, 0.717) is 17.5 Å². The lowest BCUT2D eigenvalue weighted by molar-refractivity contribution is 0.774. The zero-order chi connectivity index (χ0) is 42.5. The van der Waals surface area contributed by atoms with Gasteiger partial charge in [0.2, 0.25) is 0 Å². The third kappa shape index (κ3) is 6.09. The molecule has 0 bridgehead atoms. The molecule has 1 aliphatic carbocycles. The van der Waals surface area contributed by atoms with Gasteiger partial charge in [-0.15, -0.1) is 0 Å². The van der Waals surface area contributed by atoms with E-state index in [9.17, 15) is 0 Å². The molecule has 0 amide bonds. The summed E-state index contributed by atoms with van der Waals surface area (Å²) in [6.45, 7) is 0. The van der Waals surface area contributed by atoms with Gasteiger partial charge in [-0.25, -0.2) is 15.0 Å². The maximum Gasteiger partial charge on any atom is 0.164 e. The fourth-order valence-electron chi connectivity index (χ4n) is 9.80. The lowest BCUT2D eigenvalue weighted by Crippen LogP contribution is -2.28. The van der Waals surface area contributed by atoms with Gasteiger partial charge >= 0.3 is 0 Å².